The van der Waals surface area contributed by atoms with Crippen LogP contribution < -0.4 is 0 Å². The van der Waals surface area contributed by atoms with Crippen LogP contribution in [0.3, 0.4) is 0 Å². The second-order valence-electron chi connectivity index (χ2n) is 2.91. The van der Waals surface area contributed by atoms with Crippen LogP contribution in [0.4, 0.5) is 0 Å². The van der Waals surface area contributed by atoms with Crippen LogP contribution in [0.15, 0.2) is 12.2 Å². The topological polar surface area (TPSA) is 40.5 Å². The molecule has 2 heteroatoms. The summed E-state index contributed by atoms with van der Waals surface area (Å²) in [4.78, 5) is 0. The number of rotatable bonds is 8. The lowest BCUT2D eigenvalue weighted by atomic mass is 10.2. The van der Waals surface area contributed by atoms with Gasteiger partial charge >= 0.3 is 0 Å². The van der Waals surface area contributed by atoms with Crippen molar-refractivity contribution in [2.45, 2.75) is 38.5 Å². The van der Waals surface area contributed by atoms with Gasteiger partial charge in [0.05, 0.1) is 0 Å². The zero-order valence-electron chi connectivity index (χ0n) is 7.71. The molecule has 0 bridgehead atoms. The van der Waals surface area contributed by atoms with Crippen LogP contribution >= 0.6 is 0 Å². The molecule has 72 valence electrons. The van der Waals surface area contributed by atoms with Crippen LogP contribution in [-0.4, -0.2) is 23.4 Å². The number of unbranched alkanes of at least 4 members (excludes halogenated alkanes) is 4. The van der Waals surface area contributed by atoms with Gasteiger partial charge in [0, 0.05) is 13.2 Å². The first-order valence-corrected chi connectivity index (χ1v) is 4.78. The van der Waals surface area contributed by atoms with Gasteiger partial charge in [0.2, 0.25) is 0 Å². The summed E-state index contributed by atoms with van der Waals surface area (Å²) in [5.74, 6) is 0. The summed E-state index contributed by atoms with van der Waals surface area (Å²) in [7, 11) is 0. The fourth-order valence-corrected chi connectivity index (χ4v) is 0.984. The highest BCUT2D eigenvalue weighted by Crippen LogP contribution is 1.99. The van der Waals surface area contributed by atoms with Crippen molar-refractivity contribution < 1.29 is 10.2 Å². The van der Waals surface area contributed by atoms with Gasteiger partial charge in [0.1, 0.15) is 0 Å². The third kappa shape index (κ3) is 9.66. The molecule has 0 fully saturated rings. The van der Waals surface area contributed by atoms with Gasteiger partial charge in [0.15, 0.2) is 0 Å². The minimum atomic E-state index is 0.304. The van der Waals surface area contributed by atoms with Gasteiger partial charge in [-0.25, -0.2) is 0 Å². The first-order valence-electron chi connectivity index (χ1n) is 4.78. The Labute approximate surface area is 74.9 Å². The highest BCUT2D eigenvalue weighted by Gasteiger charge is 1.83. The van der Waals surface area contributed by atoms with Crippen LogP contribution in [0.5, 0.6) is 0 Å². The molecule has 12 heavy (non-hydrogen) atoms. The molecule has 0 aromatic rings. The summed E-state index contributed by atoms with van der Waals surface area (Å²) in [6.45, 7) is 0.608. The number of hydrogen-bond donors (Lipinski definition) is 2. The molecule has 0 atom stereocenters. The fourth-order valence-electron chi connectivity index (χ4n) is 0.984. The van der Waals surface area contributed by atoms with Gasteiger partial charge in [-0.15, -0.1) is 0 Å². The second-order valence-corrected chi connectivity index (χ2v) is 2.91. The molecule has 2 N–H and O–H groups in total. The van der Waals surface area contributed by atoms with Gasteiger partial charge in [-0.1, -0.05) is 12.2 Å². The van der Waals surface area contributed by atoms with E-state index in [1.54, 1.807) is 0 Å². The molecule has 0 amide bonds. The molecule has 0 spiro atoms. The lowest BCUT2D eigenvalue weighted by molar-refractivity contribution is 0.284. The first-order chi connectivity index (χ1) is 5.91. The Kier molecular flexibility index (Phi) is 10.4. The summed E-state index contributed by atoms with van der Waals surface area (Å²) in [5.41, 5.74) is 0. The van der Waals surface area contributed by atoms with E-state index in [9.17, 15) is 0 Å². The van der Waals surface area contributed by atoms with Crippen molar-refractivity contribution in [2.24, 2.45) is 0 Å². The van der Waals surface area contributed by atoms with Gasteiger partial charge in [0.25, 0.3) is 0 Å². The quantitative estimate of drug-likeness (QED) is 0.433. The Bertz CT molecular complexity index is 88.0. The predicted octanol–water partition coefficient (Wildman–Crippen LogP) is 1.87. The maximum Gasteiger partial charge on any atom is 0.0431 e. The van der Waals surface area contributed by atoms with E-state index in [2.05, 4.69) is 12.2 Å². The molecule has 0 radical (unpaired) electrons. The SMILES string of the molecule is OCCCCC=CCCCCO. The summed E-state index contributed by atoms with van der Waals surface area (Å²) < 4.78 is 0. The van der Waals surface area contributed by atoms with Gasteiger partial charge in [-0.2, -0.15) is 0 Å². The summed E-state index contributed by atoms with van der Waals surface area (Å²) in [6, 6.07) is 0. The van der Waals surface area contributed by atoms with Gasteiger partial charge in [-0.3, -0.25) is 0 Å². The molecular weight excluding hydrogens is 152 g/mol. The molecule has 0 aromatic heterocycles. The Morgan fingerprint density at radius 1 is 0.667 bits per heavy atom. The number of aliphatic hydroxyl groups excluding tert-OH is 2. The molecule has 0 saturated carbocycles. The molecule has 0 aliphatic rings. The first kappa shape index (κ1) is 11.7. The van der Waals surface area contributed by atoms with E-state index >= 15 is 0 Å². The van der Waals surface area contributed by atoms with Crippen molar-refractivity contribution in [3.8, 4) is 0 Å². The molecule has 0 aliphatic heterocycles. The second kappa shape index (κ2) is 10.7. The summed E-state index contributed by atoms with van der Waals surface area (Å²) >= 11 is 0. The van der Waals surface area contributed by atoms with Crippen molar-refractivity contribution in [1.29, 1.82) is 0 Å². The van der Waals surface area contributed by atoms with Crippen molar-refractivity contribution in [3.63, 3.8) is 0 Å². The average Bonchev–Trinajstić information content (AvgIpc) is 2.10. The van der Waals surface area contributed by atoms with E-state index in [4.69, 9.17) is 10.2 Å². The third-order valence-corrected chi connectivity index (χ3v) is 1.72. The highest BCUT2D eigenvalue weighted by molar-refractivity contribution is 4.81. The van der Waals surface area contributed by atoms with Crippen LogP contribution in [0, 0.1) is 0 Å². The summed E-state index contributed by atoms with van der Waals surface area (Å²) in [5, 5.41) is 17.0. The lowest BCUT2D eigenvalue weighted by Gasteiger charge is -1.92. The molecule has 0 aliphatic carbocycles. The maximum absolute atomic E-state index is 8.49. The Morgan fingerprint density at radius 2 is 1.08 bits per heavy atom. The van der Waals surface area contributed by atoms with E-state index in [0.717, 1.165) is 38.5 Å². The molecular formula is C10H20O2. The molecule has 0 rings (SSSR count). The largest absolute Gasteiger partial charge is 0.396 e. The lowest BCUT2D eigenvalue weighted by Crippen LogP contribution is -1.81. The van der Waals surface area contributed by atoms with E-state index in [-0.39, 0.29) is 0 Å². The monoisotopic (exact) mass is 172 g/mol. The third-order valence-electron chi connectivity index (χ3n) is 1.72. The summed E-state index contributed by atoms with van der Waals surface area (Å²) in [6.07, 6.45) is 10.4. The minimum absolute atomic E-state index is 0.304. The standard InChI is InChI=1S/C10H20O2/c11-9-7-5-3-1-2-4-6-8-10-12/h1-2,11-12H,3-10H2. The van der Waals surface area contributed by atoms with E-state index < -0.39 is 0 Å². The zero-order valence-corrected chi connectivity index (χ0v) is 7.71. The van der Waals surface area contributed by atoms with Crippen LogP contribution in [0.2, 0.25) is 0 Å². The van der Waals surface area contributed by atoms with Crippen LogP contribution in [0.1, 0.15) is 38.5 Å². The molecule has 0 heterocycles. The van der Waals surface area contributed by atoms with Gasteiger partial charge < -0.3 is 10.2 Å². The normalized spacial score (nSPS) is 11.2. The van der Waals surface area contributed by atoms with Gasteiger partial charge in [-0.05, 0) is 38.5 Å². The molecule has 0 saturated heterocycles. The van der Waals surface area contributed by atoms with E-state index in [0.29, 0.717) is 13.2 Å². The van der Waals surface area contributed by atoms with Crippen molar-refractivity contribution >= 4 is 0 Å². The molecule has 0 unspecified atom stereocenters. The van der Waals surface area contributed by atoms with Crippen molar-refractivity contribution in [1.82, 2.24) is 0 Å². The number of allylic oxidation sites excluding steroid dienone is 2. The Hall–Kier alpha value is -0.340. The smallest absolute Gasteiger partial charge is 0.0431 e. The van der Waals surface area contributed by atoms with E-state index in [1.165, 1.54) is 0 Å². The minimum Gasteiger partial charge on any atom is -0.396 e. The average molecular weight is 172 g/mol. The zero-order chi connectivity index (χ0) is 9.07. The van der Waals surface area contributed by atoms with Crippen molar-refractivity contribution in [2.75, 3.05) is 13.2 Å². The molecule has 2 nitrogen and oxygen atoms in total. The Morgan fingerprint density at radius 3 is 1.42 bits per heavy atom. The number of hydrogen-bond acceptors (Lipinski definition) is 2. The van der Waals surface area contributed by atoms with Crippen molar-refractivity contribution in [3.05, 3.63) is 12.2 Å². The number of aliphatic hydroxyl groups is 2. The Balaban J connectivity index is 2.93. The maximum atomic E-state index is 8.49. The highest BCUT2D eigenvalue weighted by atomic mass is 16.3. The van der Waals surface area contributed by atoms with Crippen LogP contribution in [0.25, 0.3) is 0 Å². The van der Waals surface area contributed by atoms with Crippen LogP contribution in [-0.2, 0) is 0 Å². The van der Waals surface area contributed by atoms with E-state index in [1.807, 2.05) is 0 Å². The predicted molar refractivity (Wildman–Crippen MR) is 51.0 cm³/mol. The fraction of sp³-hybridized carbons (Fsp3) is 0.800. The molecule has 0 aromatic carbocycles.